The number of benzene rings is 2. The van der Waals surface area contributed by atoms with E-state index in [-0.39, 0.29) is 24.3 Å². The first kappa shape index (κ1) is 17.7. The topological polar surface area (TPSA) is 47.6 Å². The third-order valence-corrected chi connectivity index (χ3v) is 3.34. The number of halogens is 2. The SMILES string of the molecule is Cc1cccc(OCC(=O)NC(C)c2ccc(OC(F)F)cc2)c1. The molecular formula is C18H19F2NO3. The van der Waals surface area contributed by atoms with Crippen molar-refractivity contribution in [1.82, 2.24) is 5.32 Å². The number of nitrogens with one attached hydrogen (secondary N) is 1. The van der Waals surface area contributed by atoms with Gasteiger partial charge in [-0.25, -0.2) is 0 Å². The highest BCUT2D eigenvalue weighted by Gasteiger charge is 2.11. The lowest BCUT2D eigenvalue weighted by atomic mass is 10.1. The smallest absolute Gasteiger partial charge is 0.387 e. The molecule has 0 saturated heterocycles. The normalized spacial score (nSPS) is 11.9. The number of hydrogen-bond donors (Lipinski definition) is 1. The number of carbonyl (C=O) groups is 1. The van der Waals surface area contributed by atoms with Gasteiger partial charge in [0.1, 0.15) is 11.5 Å². The molecule has 4 nitrogen and oxygen atoms in total. The van der Waals surface area contributed by atoms with Crippen LogP contribution in [0.2, 0.25) is 0 Å². The molecule has 2 aromatic rings. The van der Waals surface area contributed by atoms with Crippen LogP contribution in [0.1, 0.15) is 24.1 Å². The summed E-state index contributed by atoms with van der Waals surface area (Å²) in [6.07, 6.45) is 0. The van der Waals surface area contributed by atoms with Crippen molar-refractivity contribution in [2.24, 2.45) is 0 Å². The van der Waals surface area contributed by atoms with E-state index in [1.165, 1.54) is 12.1 Å². The molecule has 0 heterocycles. The number of ether oxygens (including phenoxy) is 2. The number of aryl methyl sites for hydroxylation is 1. The van der Waals surface area contributed by atoms with Crippen molar-refractivity contribution < 1.29 is 23.0 Å². The van der Waals surface area contributed by atoms with Gasteiger partial charge in [0.2, 0.25) is 0 Å². The maximum atomic E-state index is 12.1. The number of amides is 1. The highest BCUT2D eigenvalue weighted by Crippen LogP contribution is 2.19. The molecule has 1 amide bonds. The Morgan fingerprint density at radius 2 is 1.83 bits per heavy atom. The first-order chi connectivity index (χ1) is 11.4. The Labute approximate surface area is 139 Å². The highest BCUT2D eigenvalue weighted by molar-refractivity contribution is 5.78. The molecular weight excluding hydrogens is 316 g/mol. The summed E-state index contributed by atoms with van der Waals surface area (Å²) in [5, 5.41) is 2.79. The second-order valence-electron chi connectivity index (χ2n) is 5.34. The molecule has 1 N–H and O–H groups in total. The number of alkyl halides is 2. The zero-order valence-corrected chi connectivity index (χ0v) is 13.5. The minimum Gasteiger partial charge on any atom is -0.484 e. The molecule has 1 atom stereocenters. The molecule has 0 radical (unpaired) electrons. The molecule has 0 bridgehead atoms. The minimum atomic E-state index is -2.85. The van der Waals surface area contributed by atoms with Gasteiger partial charge in [-0.1, -0.05) is 24.3 Å². The molecule has 0 aliphatic rings. The van der Waals surface area contributed by atoms with E-state index in [9.17, 15) is 13.6 Å². The summed E-state index contributed by atoms with van der Waals surface area (Å²) >= 11 is 0. The average Bonchev–Trinajstić information content (AvgIpc) is 2.53. The lowest BCUT2D eigenvalue weighted by molar-refractivity contribution is -0.123. The zero-order valence-electron chi connectivity index (χ0n) is 13.5. The van der Waals surface area contributed by atoms with Crippen LogP contribution >= 0.6 is 0 Å². The second kappa shape index (κ2) is 8.29. The Hall–Kier alpha value is -2.63. The van der Waals surface area contributed by atoms with Crippen molar-refractivity contribution in [1.29, 1.82) is 0 Å². The van der Waals surface area contributed by atoms with Crippen LogP contribution in [-0.2, 0) is 4.79 Å². The Morgan fingerprint density at radius 1 is 1.12 bits per heavy atom. The number of hydrogen-bond acceptors (Lipinski definition) is 3. The molecule has 0 saturated carbocycles. The monoisotopic (exact) mass is 335 g/mol. The lowest BCUT2D eigenvalue weighted by Gasteiger charge is -2.15. The van der Waals surface area contributed by atoms with Crippen LogP contribution < -0.4 is 14.8 Å². The van der Waals surface area contributed by atoms with Gasteiger partial charge in [0.25, 0.3) is 5.91 Å². The Balaban J connectivity index is 1.84. The molecule has 24 heavy (non-hydrogen) atoms. The van der Waals surface area contributed by atoms with E-state index in [2.05, 4.69) is 10.1 Å². The van der Waals surface area contributed by atoms with Gasteiger partial charge in [0, 0.05) is 0 Å². The third-order valence-electron chi connectivity index (χ3n) is 3.34. The van der Waals surface area contributed by atoms with Crippen molar-refractivity contribution in [3.8, 4) is 11.5 Å². The molecule has 0 fully saturated rings. The highest BCUT2D eigenvalue weighted by atomic mass is 19.3. The summed E-state index contributed by atoms with van der Waals surface area (Å²) in [6.45, 7) is 0.788. The first-order valence-electron chi connectivity index (χ1n) is 7.47. The van der Waals surface area contributed by atoms with Gasteiger partial charge >= 0.3 is 6.61 Å². The summed E-state index contributed by atoms with van der Waals surface area (Å²) < 4.78 is 33.9. The van der Waals surface area contributed by atoms with Crippen LogP contribution in [0.25, 0.3) is 0 Å². The fourth-order valence-corrected chi connectivity index (χ4v) is 2.16. The predicted octanol–water partition coefficient (Wildman–Crippen LogP) is 3.85. The predicted molar refractivity (Wildman–Crippen MR) is 86.3 cm³/mol. The van der Waals surface area contributed by atoms with Gasteiger partial charge in [-0.05, 0) is 49.2 Å². The standard InChI is InChI=1S/C18H19F2NO3/c1-12-4-3-5-16(10-12)23-11-17(22)21-13(2)14-6-8-15(9-7-14)24-18(19)20/h3-10,13,18H,11H2,1-2H3,(H,21,22). The van der Waals surface area contributed by atoms with E-state index < -0.39 is 6.61 Å². The van der Waals surface area contributed by atoms with E-state index in [1.54, 1.807) is 25.1 Å². The van der Waals surface area contributed by atoms with Crippen LogP contribution in [0.5, 0.6) is 11.5 Å². The van der Waals surface area contributed by atoms with Gasteiger partial charge < -0.3 is 14.8 Å². The van der Waals surface area contributed by atoms with Gasteiger partial charge in [-0.3, -0.25) is 4.79 Å². The van der Waals surface area contributed by atoms with Crippen molar-refractivity contribution in [3.63, 3.8) is 0 Å². The Kier molecular flexibility index (Phi) is 6.12. The molecule has 0 aliphatic heterocycles. The van der Waals surface area contributed by atoms with E-state index >= 15 is 0 Å². The maximum Gasteiger partial charge on any atom is 0.387 e. The summed E-state index contributed by atoms with van der Waals surface area (Å²) in [4.78, 5) is 11.9. The van der Waals surface area contributed by atoms with Crippen LogP contribution in [-0.4, -0.2) is 19.1 Å². The summed E-state index contributed by atoms with van der Waals surface area (Å²) in [6, 6.07) is 13.3. The van der Waals surface area contributed by atoms with Crippen LogP contribution in [0, 0.1) is 6.92 Å². The molecule has 1 unspecified atom stereocenters. The van der Waals surface area contributed by atoms with E-state index in [0.717, 1.165) is 11.1 Å². The quantitative estimate of drug-likeness (QED) is 0.836. The maximum absolute atomic E-state index is 12.1. The van der Waals surface area contributed by atoms with E-state index in [1.807, 2.05) is 25.1 Å². The Morgan fingerprint density at radius 3 is 2.46 bits per heavy atom. The fourth-order valence-electron chi connectivity index (χ4n) is 2.16. The minimum absolute atomic E-state index is 0.0788. The average molecular weight is 335 g/mol. The van der Waals surface area contributed by atoms with Gasteiger partial charge in [0.15, 0.2) is 6.61 Å². The zero-order chi connectivity index (χ0) is 17.5. The van der Waals surface area contributed by atoms with E-state index in [4.69, 9.17) is 4.74 Å². The molecule has 2 aromatic carbocycles. The summed E-state index contributed by atoms with van der Waals surface area (Å²) in [5.41, 5.74) is 1.83. The fraction of sp³-hybridized carbons (Fsp3) is 0.278. The summed E-state index contributed by atoms with van der Waals surface area (Å²) in [5.74, 6) is 0.443. The van der Waals surface area contributed by atoms with Gasteiger partial charge in [0.05, 0.1) is 6.04 Å². The largest absolute Gasteiger partial charge is 0.484 e. The molecule has 6 heteroatoms. The molecule has 2 rings (SSSR count). The molecule has 0 aliphatic carbocycles. The van der Waals surface area contributed by atoms with Gasteiger partial charge in [-0.2, -0.15) is 8.78 Å². The second-order valence-corrected chi connectivity index (χ2v) is 5.34. The van der Waals surface area contributed by atoms with Gasteiger partial charge in [-0.15, -0.1) is 0 Å². The third kappa shape index (κ3) is 5.53. The number of rotatable bonds is 7. The van der Waals surface area contributed by atoms with E-state index in [0.29, 0.717) is 5.75 Å². The summed E-state index contributed by atoms with van der Waals surface area (Å²) in [7, 11) is 0. The molecule has 128 valence electrons. The van der Waals surface area contributed by atoms with Crippen LogP contribution in [0.15, 0.2) is 48.5 Å². The van der Waals surface area contributed by atoms with Crippen LogP contribution in [0.3, 0.4) is 0 Å². The van der Waals surface area contributed by atoms with Crippen LogP contribution in [0.4, 0.5) is 8.78 Å². The Bertz CT molecular complexity index is 674. The first-order valence-corrected chi connectivity index (χ1v) is 7.47. The van der Waals surface area contributed by atoms with Crippen molar-refractivity contribution in [2.75, 3.05) is 6.61 Å². The number of carbonyl (C=O) groups excluding carboxylic acids is 1. The van der Waals surface area contributed by atoms with Crippen molar-refractivity contribution >= 4 is 5.91 Å². The van der Waals surface area contributed by atoms with Crippen molar-refractivity contribution in [2.45, 2.75) is 26.5 Å². The molecule has 0 aromatic heterocycles. The lowest BCUT2D eigenvalue weighted by Crippen LogP contribution is -2.31. The van der Waals surface area contributed by atoms with Crippen molar-refractivity contribution in [3.05, 3.63) is 59.7 Å². The molecule has 0 spiro atoms.